The number of nitrogen functional groups attached to an aromatic ring is 1. The Bertz CT molecular complexity index is 1550. The molecule has 38 heavy (non-hydrogen) atoms. The van der Waals surface area contributed by atoms with Gasteiger partial charge in [0.1, 0.15) is 22.9 Å². The summed E-state index contributed by atoms with van der Waals surface area (Å²) in [5.41, 5.74) is 12.2. The number of nitrogens with one attached hydrogen (secondary N) is 1. The summed E-state index contributed by atoms with van der Waals surface area (Å²) in [6.07, 6.45) is 11.1. The molecule has 5 aromatic rings. The number of anilines is 1. The van der Waals surface area contributed by atoms with Crippen molar-refractivity contribution in [3.05, 3.63) is 78.9 Å². The van der Waals surface area contributed by atoms with Crippen molar-refractivity contribution in [2.45, 2.75) is 70.4 Å². The first kappa shape index (κ1) is 24.6. The van der Waals surface area contributed by atoms with Crippen LogP contribution in [0.2, 0.25) is 0 Å². The van der Waals surface area contributed by atoms with Gasteiger partial charge in [0.15, 0.2) is 0 Å². The first-order valence-electron chi connectivity index (χ1n) is 14.0. The third kappa shape index (κ3) is 4.76. The van der Waals surface area contributed by atoms with Gasteiger partial charge in [-0.2, -0.15) is 0 Å². The lowest BCUT2D eigenvalue weighted by molar-refractivity contribution is 0.255. The molecule has 3 N–H and O–H groups in total. The molecular weight excluding hydrogens is 468 g/mol. The van der Waals surface area contributed by atoms with Crippen molar-refractivity contribution in [1.82, 2.24) is 24.7 Å². The average Bonchev–Trinajstić information content (AvgIpc) is 3.31. The van der Waals surface area contributed by atoms with E-state index in [4.69, 9.17) is 15.7 Å². The fourth-order valence-corrected chi connectivity index (χ4v) is 5.76. The summed E-state index contributed by atoms with van der Waals surface area (Å²) in [7, 11) is 0. The van der Waals surface area contributed by atoms with E-state index < -0.39 is 0 Å². The Kier molecular flexibility index (Phi) is 6.81. The number of fused-ring (bicyclic) bond motifs is 2. The van der Waals surface area contributed by atoms with E-state index in [2.05, 4.69) is 71.0 Å². The zero-order chi connectivity index (χ0) is 26.1. The minimum absolute atomic E-state index is 0.404. The summed E-state index contributed by atoms with van der Waals surface area (Å²) in [5, 5.41) is 4.93. The Morgan fingerprint density at radius 2 is 1.82 bits per heavy atom. The fourth-order valence-electron chi connectivity index (χ4n) is 5.76. The largest absolute Gasteiger partial charge is 0.382 e. The highest BCUT2D eigenvalue weighted by molar-refractivity contribution is 5.91. The Balaban J connectivity index is 1.29. The number of unbranched alkanes of at least 4 members (excludes halogenated alkanes) is 2. The predicted octanol–water partition coefficient (Wildman–Crippen LogP) is 7.00. The molecule has 0 spiro atoms. The molecule has 0 aliphatic heterocycles. The molecule has 2 aromatic carbocycles. The number of pyridine rings is 1. The normalized spacial score (nSPS) is 18.1. The molecule has 0 amide bonds. The summed E-state index contributed by atoms with van der Waals surface area (Å²) in [5.74, 6) is 1.99. The van der Waals surface area contributed by atoms with Crippen molar-refractivity contribution in [3.8, 4) is 22.5 Å². The molecule has 6 heteroatoms. The molecular formula is C32H36N6. The van der Waals surface area contributed by atoms with Crippen LogP contribution in [-0.2, 0) is 0 Å². The van der Waals surface area contributed by atoms with Crippen LogP contribution in [0.15, 0.2) is 73.1 Å². The van der Waals surface area contributed by atoms with Crippen molar-refractivity contribution in [2.24, 2.45) is 0 Å². The molecule has 6 rings (SSSR count). The van der Waals surface area contributed by atoms with Crippen molar-refractivity contribution < 1.29 is 0 Å². The van der Waals surface area contributed by atoms with E-state index >= 15 is 0 Å². The fraction of sp³-hybridized carbons (Fsp3) is 0.344. The average molecular weight is 505 g/mol. The molecule has 3 heterocycles. The third-order valence-electron chi connectivity index (χ3n) is 7.91. The molecule has 6 nitrogen and oxygen atoms in total. The number of hydrogen-bond acceptors (Lipinski definition) is 5. The Morgan fingerprint density at radius 3 is 2.63 bits per heavy atom. The lowest BCUT2D eigenvalue weighted by atomic mass is 9.79. The molecule has 194 valence electrons. The van der Waals surface area contributed by atoms with Crippen LogP contribution >= 0.6 is 0 Å². The second-order valence-corrected chi connectivity index (χ2v) is 10.7. The van der Waals surface area contributed by atoms with Gasteiger partial charge in [0.2, 0.25) is 0 Å². The quantitative estimate of drug-likeness (QED) is 0.211. The second-order valence-electron chi connectivity index (χ2n) is 10.7. The standard InChI is InChI=1S/C32H36N6/c1-3-4-6-9-21(2)35-26-18-25(19-26)32-37-29(30-31(33)34-16-17-38(30)32)24-13-12-23-14-15-27(36-28(23)20-24)22-10-7-5-8-11-22/h5,7-8,10-17,20-21,25-26,35H,3-4,6,9,18-19H2,1-2H3,(H2,33,34). The van der Waals surface area contributed by atoms with Gasteiger partial charge in [0, 0.05) is 46.9 Å². The highest BCUT2D eigenvalue weighted by Crippen LogP contribution is 2.40. The molecule has 1 aliphatic carbocycles. The summed E-state index contributed by atoms with van der Waals surface area (Å²) < 4.78 is 2.15. The van der Waals surface area contributed by atoms with E-state index in [9.17, 15) is 0 Å². The molecule has 3 aromatic heterocycles. The smallest absolute Gasteiger partial charge is 0.150 e. The SMILES string of the molecule is CCCCCC(C)NC1CC(c2nc(-c3ccc4ccc(-c5ccccc5)nc4c3)c3c(N)nccn23)C1. The third-order valence-corrected chi connectivity index (χ3v) is 7.91. The Morgan fingerprint density at radius 1 is 1.00 bits per heavy atom. The zero-order valence-electron chi connectivity index (χ0n) is 22.3. The van der Waals surface area contributed by atoms with Gasteiger partial charge < -0.3 is 11.1 Å². The van der Waals surface area contributed by atoms with Crippen LogP contribution in [0.1, 0.15) is 64.1 Å². The van der Waals surface area contributed by atoms with Gasteiger partial charge in [-0.25, -0.2) is 15.0 Å². The van der Waals surface area contributed by atoms with Gasteiger partial charge >= 0.3 is 0 Å². The number of aromatic nitrogens is 4. The molecule has 0 radical (unpaired) electrons. The van der Waals surface area contributed by atoms with Gasteiger partial charge in [-0.05, 0) is 38.3 Å². The first-order chi connectivity index (χ1) is 18.6. The van der Waals surface area contributed by atoms with Crippen LogP contribution in [0.25, 0.3) is 38.9 Å². The van der Waals surface area contributed by atoms with E-state index in [-0.39, 0.29) is 0 Å². The maximum atomic E-state index is 6.43. The summed E-state index contributed by atoms with van der Waals surface area (Å²) in [6, 6.07) is 22.0. The van der Waals surface area contributed by atoms with Crippen molar-refractivity contribution in [2.75, 3.05) is 5.73 Å². The number of imidazole rings is 1. The maximum Gasteiger partial charge on any atom is 0.150 e. The van der Waals surface area contributed by atoms with Gasteiger partial charge in [0.25, 0.3) is 0 Å². The van der Waals surface area contributed by atoms with Crippen LogP contribution in [0.3, 0.4) is 0 Å². The topological polar surface area (TPSA) is 81.1 Å². The molecule has 0 bridgehead atoms. The first-order valence-corrected chi connectivity index (χ1v) is 14.0. The van der Waals surface area contributed by atoms with Gasteiger partial charge in [-0.15, -0.1) is 0 Å². The van der Waals surface area contributed by atoms with Gasteiger partial charge in [-0.1, -0.05) is 74.7 Å². The lowest BCUT2D eigenvalue weighted by Gasteiger charge is -2.37. The minimum atomic E-state index is 0.404. The van der Waals surface area contributed by atoms with Gasteiger partial charge in [-0.3, -0.25) is 4.40 Å². The van der Waals surface area contributed by atoms with Crippen LogP contribution in [0.4, 0.5) is 5.82 Å². The number of hydrogen-bond donors (Lipinski definition) is 2. The Hall–Kier alpha value is -3.77. The van der Waals surface area contributed by atoms with Crippen molar-refractivity contribution >= 4 is 22.2 Å². The van der Waals surface area contributed by atoms with Crippen LogP contribution < -0.4 is 11.1 Å². The maximum absolute atomic E-state index is 6.43. The number of benzene rings is 2. The predicted molar refractivity (Wildman–Crippen MR) is 156 cm³/mol. The second kappa shape index (κ2) is 10.5. The monoisotopic (exact) mass is 504 g/mol. The number of rotatable bonds is 9. The molecule has 1 fully saturated rings. The van der Waals surface area contributed by atoms with Crippen molar-refractivity contribution in [1.29, 1.82) is 0 Å². The molecule has 1 aliphatic rings. The summed E-state index contributed by atoms with van der Waals surface area (Å²) in [4.78, 5) is 14.6. The molecule has 1 saturated carbocycles. The van der Waals surface area contributed by atoms with Crippen molar-refractivity contribution in [3.63, 3.8) is 0 Å². The van der Waals surface area contributed by atoms with E-state index in [1.54, 1.807) is 6.20 Å². The van der Waals surface area contributed by atoms with E-state index in [0.717, 1.165) is 57.6 Å². The van der Waals surface area contributed by atoms with E-state index in [1.165, 1.54) is 25.7 Å². The highest BCUT2D eigenvalue weighted by Gasteiger charge is 2.34. The van der Waals surface area contributed by atoms with E-state index in [0.29, 0.717) is 23.8 Å². The Labute approximate surface area is 224 Å². The molecule has 0 saturated heterocycles. The van der Waals surface area contributed by atoms with Gasteiger partial charge in [0.05, 0.1) is 11.2 Å². The van der Waals surface area contributed by atoms with Crippen LogP contribution in [0, 0.1) is 0 Å². The minimum Gasteiger partial charge on any atom is -0.382 e. The zero-order valence-corrected chi connectivity index (χ0v) is 22.3. The summed E-state index contributed by atoms with van der Waals surface area (Å²) in [6.45, 7) is 4.58. The summed E-state index contributed by atoms with van der Waals surface area (Å²) >= 11 is 0. The molecule has 1 unspecified atom stereocenters. The number of nitrogens with zero attached hydrogens (tertiary/aromatic N) is 4. The van der Waals surface area contributed by atoms with Crippen LogP contribution in [-0.4, -0.2) is 31.4 Å². The highest BCUT2D eigenvalue weighted by atomic mass is 15.1. The van der Waals surface area contributed by atoms with E-state index in [1.807, 2.05) is 24.4 Å². The number of nitrogens with two attached hydrogens (primary N) is 1. The van der Waals surface area contributed by atoms with Crippen LogP contribution in [0.5, 0.6) is 0 Å². The lowest BCUT2D eigenvalue weighted by Crippen LogP contribution is -2.44. The molecule has 1 atom stereocenters.